The summed E-state index contributed by atoms with van der Waals surface area (Å²) < 4.78 is 0. The number of likely N-dealkylation sites (tertiary alicyclic amines) is 1. The minimum atomic E-state index is -0.0264. The van der Waals surface area contributed by atoms with Crippen LogP contribution in [0.5, 0.6) is 0 Å². The average Bonchev–Trinajstić information content (AvgIpc) is 2.89. The lowest BCUT2D eigenvalue weighted by Gasteiger charge is -2.20. The van der Waals surface area contributed by atoms with Gasteiger partial charge in [0.25, 0.3) is 0 Å². The lowest BCUT2D eigenvalue weighted by atomic mass is 10.1. The maximum absolute atomic E-state index is 12.5. The van der Waals surface area contributed by atoms with Crippen LogP contribution in [0.3, 0.4) is 0 Å². The first-order chi connectivity index (χ1) is 10.5. The molecule has 1 aromatic carbocycles. The van der Waals surface area contributed by atoms with E-state index in [0.29, 0.717) is 10.9 Å². The van der Waals surface area contributed by atoms with Crippen molar-refractivity contribution >= 4 is 35.1 Å². The fourth-order valence-corrected chi connectivity index (χ4v) is 3.67. The van der Waals surface area contributed by atoms with Gasteiger partial charge in [-0.2, -0.15) is 0 Å². The number of thioether (sulfide) groups is 1. The van der Waals surface area contributed by atoms with Crippen LogP contribution < -0.4 is 5.32 Å². The molecule has 1 atom stereocenters. The van der Waals surface area contributed by atoms with E-state index >= 15 is 0 Å². The van der Waals surface area contributed by atoms with Gasteiger partial charge in [-0.25, -0.2) is 4.79 Å². The third-order valence-corrected chi connectivity index (χ3v) is 4.87. The zero-order chi connectivity index (χ0) is 16.1. The summed E-state index contributed by atoms with van der Waals surface area (Å²) in [5, 5.41) is 3.66. The van der Waals surface area contributed by atoms with Gasteiger partial charge < -0.3 is 15.1 Å². The normalized spacial score (nSPS) is 18.0. The van der Waals surface area contributed by atoms with Crippen LogP contribution in [0, 0.1) is 5.92 Å². The molecule has 22 heavy (non-hydrogen) atoms. The summed E-state index contributed by atoms with van der Waals surface area (Å²) >= 11 is 7.77. The van der Waals surface area contributed by atoms with E-state index in [0.717, 1.165) is 42.4 Å². The summed E-state index contributed by atoms with van der Waals surface area (Å²) in [5.74, 6) is 1.52. The summed E-state index contributed by atoms with van der Waals surface area (Å²) in [7, 11) is 4.14. The zero-order valence-electron chi connectivity index (χ0n) is 13.4. The molecule has 4 nitrogen and oxygen atoms in total. The Morgan fingerprint density at radius 3 is 2.95 bits per heavy atom. The number of hydrogen-bond donors (Lipinski definition) is 1. The molecule has 0 aliphatic carbocycles. The topological polar surface area (TPSA) is 35.6 Å². The van der Waals surface area contributed by atoms with Crippen LogP contribution >= 0.6 is 23.4 Å². The predicted molar refractivity (Wildman–Crippen MR) is 95.1 cm³/mol. The molecular weight excluding hydrogens is 318 g/mol. The average molecular weight is 342 g/mol. The van der Waals surface area contributed by atoms with Gasteiger partial charge in [0.2, 0.25) is 0 Å². The Bertz CT molecular complexity index is 524. The Kier molecular flexibility index (Phi) is 6.41. The second-order valence-corrected chi connectivity index (χ2v) is 7.61. The lowest BCUT2D eigenvalue weighted by molar-refractivity contribution is 0.219. The van der Waals surface area contributed by atoms with Crippen LogP contribution in [-0.2, 0) is 0 Å². The second-order valence-electron chi connectivity index (χ2n) is 5.87. The van der Waals surface area contributed by atoms with Gasteiger partial charge in [0.1, 0.15) is 0 Å². The number of benzene rings is 1. The van der Waals surface area contributed by atoms with Crippen molar-refractivity contribution < 1.29 is 4.79 Å². The largest absolute Gasteiger partial charge is 0.324 e. The van der Waals surface area contributed by atoms with Crippen molar-refractivity contribution in [1.29, 1.82) is 0 Å². The highest BCUT2D eigenvalue weighted by Crippen LogP contribution is 2.30. The van der Waals surface area contributed by atoms with Gasteiger partial charge in [-0.15, -0.1) is 11.8 Å². The van der Waals surface area contributed by atoms with Crippen LogP contribution in [0.4, 0.5) is 10.5 Å². The number of nitrogens with zero attached hydrogens (tertiary/aromatic N) is 2. The Labute approximate surface area is 142 Å². The van der Waals surface area contributed by atoms with Crippen molar-refractivity contribution in [2.75, 3.05) is 44.8 Å². The van der Waals surface area contributed by atoms with E-state index in [-0.39, 0.29) is 6.03 Å². The smallest absolute Gasteiger partial charge is 0.321 e. The third kappa shape index (κ3) is 4.80. The molecule has 6 heteroatoms. The number of anilines is 1. The van der Waals surface area contributed by atoms with Gasteiger partial charge in [-0.3, -0.25) is 0 Å². The molecule has 1 N–H and O–H groups in total. The number of carbonyl (C=O) groups excluding carboxylic acids is 1. The number of hydrogen-bond acceptors (Lipinski definition) is 3. The van der Waals surface area contributed by atoms with Gasteiger partial charge in [0, 0.05) is 29.6 Å². The van der Waals surface area contributed by atoms with E-state index in [1.807, 2.05) is 23.1 Å². The molecule has 122 valence electrons. The Hall–Kier alpha value is -0.910. The molecule has 1 aromatic rings. The number of rotatable bonds is 5. The lowest BCUT2D eigenvalue weighted by Crippen LogP contribution is -2.34. The van der Waals surface area contributed by atoms with E-state index in [1.165, 1.54) is 0 Å². The molecule has 0 saturated carbocycles. The van der Waals surface area contributed by atoms with Crippen molar-refractivity contribution in [2.45, 2.75) is 18.2 Å². The van der Waals surface area contributed by atoms with Crippen molar-refractivity contribution in [2.24, 2.45) is 5.92 Å². The number of urea groups is 1. The van der Waals surface area contributed by atoms with E-state index < -0.39 is 0 Å². The summed E-state index contributed by atoms with van der Waals surface area (Å²) in [6, 6.07) is 5.62. The molecule has 1 saturated heterocycles. The second kappa shape index (κ2) is 8.09. The van der Waals surface area contributed by atoms with Gasteiger partial charge in [0.05, 0.1) is 5.69 Å². The number of carbonyl (C=O) groups is 1. The van der Waals surface area contributed by atoms with Crippen molar-refractivity contribution in [1.82, 2.24) is 9.80 Å². The van der Waals surface area contributed by atoms with Crippen LogP contribution in [0.1, 0.15) is 13.3 Å². The summed E-state index contributed by atoms with van der Waals surface area (Å²) in [6.07, 6.45) is 1.07. The first-order valence-corrected chi connectivity index (χ1v) is 8.99. The molecule has 1 fully saturated rings. The van der Waals surface area contributed by atoms with Crippen LogP contribution in [0.15, 0.2) is 23.1 Å². The minimum Gasteiger partial charge on any atom is -0.324 e. The quantitative estimate of drug-likeness (QED) is 0.826. The Morgan fingerprint density at radius 1 is 1.50 bits per heavy atom. The monoisotopic (exact) mass is 341 g/mol. The summed E-state index contributed by atoms with van der Waals surface area (Å²) in [5.41, 5.74) is 0.806. The highest BCUT2D eigenvalue weighted by molar-refractivity contribution is 7.99. The Morgan fingerprint density at radius 2 is 2.27 bits per heavy atom. The fraction of sp³-hybridized carbons (Fsp3) is 0.562. The van der Waals surface area contributed by atoms with Gasteiger partial charge in [-0.1, -0.05) is 18.5 Å². The molecule has 0 bridgehead atoms. The molecule has 1 aliphatic rings. The van der Waals surface area contributed by atoms with Crippen LogP contribution in [0.25, 0.3) is 0 Å². The third-order valence-electron chi connectivity index (χ3n) is 3.68. The highest BCUT2D eigenvalue weighted by Gasteiger charge is 2.26. The van der Waals surface area contributed by atoms with Crippen LogP contribution in [0.2, 0.25) is 5.02 Å². The molecular formula is C16H24ClN3OS. The fourth-order valence-electron chi connectivity index (χ4n) is 2.76. The molecule has 1 aliphatic heterocycles. The van der Waals surface area contributed by atoms with E-state index in [4.69, 9.17) is 11.6 Å². The van der Waals surface area contributed by atoms with E-state index in [9.17, 15) is 4.79 Å². The minimum absolute atomic E-state index is 0.0264. The van der Waals surface area contributed by atoms with E-state index in [1.54, 1.807) is 11.8 Å². The molecule has 0 spiro atoms. The molecule has 0 unspecified atom stereocenters. The molecule has 0 radical (unpaired) electrons. The van der Waals surface area contributed by atoms with Gasteiger partial charge >= 0.3 is 6.03 Å². The molecule has 2 rings (SSSR count). The summed E-state index contributed by atoms with van der Waals surface area (Å²) in [4.78, 5) is 17.6. The van der Waals surface area contributed by atoms with Gasteiger partial charge in [0.15, 0.2) is 0 Å². The van der Waals surface area contributed by atoms with Crippen molar-refractivity contribution in [3.63, 3.8) is 0 Å². The number of nitrogens with one attached hydrogen (secondary N) is 1. The first kappa shape index (κ1) is 17.4. The van der Waals surface area contributed by atoms with Crippen molar-refractivity contribution in [3.8, 4) is 0 Å². The predicted octanol–water partition coefficient (Wildman–Crippen LogP) is 3.87. The van der Waals surface area contributed by atoms with Gasteiger partial charge in [-0.05, 0) is 50.4 Å². The molecule has 1 heterocycles. The number of halogens is 1. The summed E-state index contributed by atoms with van der Waals surface area (Å²) in [6.45, 7) is 4.76. The first-order valence-electron chi connectivity index (χ1n) is 7.62. The van der Waals surface area contributed by atoms with E-state index in [2.05, 4.69) is 31.2 Å². The van der Waals surface area contributed by atoms with Crippen LogP contribution in [-0.4, -0.2) is 55.3 Å². The molecule has 2 amide bonds. The molecule has 0 aromatic heterocycles. The Balaban J connectivity index is 1.99. The highest BCUT2D eigenvalue weighted by atomic mass is 35.5. The van der Waals surface area contributed by atoms with Crippen molar-refractivity contribution in [3.05, 3.63) is 23.2 Å². The zero-order valence-corrected chi connectivity index (χ0v) is 15.0. The maximum Gasteiger partial charge on any atom is 0.321 e. The number of amides is 2. The standard InChI is InChI=1S/C16H24ClN3OS/c1-4-22-15-6-5-13(17)9-14(15)18-16(21)20-8-7-12(11-20)10-19(2)3/h5-6,9,12H,4,7-8,10-11H2,1-3H3,(H,18,21)/t12-/m0/s1. The SMILES string of the molecule is CCSc1ccc(Cl)cc1NC(=O)N1CC[C@@H](CN(C)C)C1. The maximum atomic E-state index is 12.5.